The van der Waals surface area contributed by atoms with Gasteiger partial charge in [0.05, 0.1) is 9.95 Å². The van der Waals surface area contributed by atoms with E-state index in [1.807, 2.05) is 20.8 Å². The van der Waals surface area contributed by atoms with E-state index in [0.29, 0.717) is 0 Å². The van der Waals surface area contributed by atoms with Crippen LogP contribution in [0.3, 0.4) is 0 Å². The average Bonchev–Trinajstić information content (AvgIpc) is 2.29. The number of benzene rings is 1. The molecule has 1 rings (SSSR count). The molecule has 0 aliphatic heterocycles. The van der Waals surface area contributed by atoms with Gasteiger partial charge in [0.15, 0.2) is 0 Å². The summed E-state index contributed by atoms with van der Waals surface area (Å²) >= 11 is 5.56. The Morgan fingerprint density at radius 2 is 2.11 bits per heavy atom. The molecule has 0 fully saturated rings. The van der Waals surface area contributed by atoms with Gasteiger partial charge in [-0.2, -0.15) is 0 Å². The van der Waals surface area contributed by atoms with Crippen molar-refractivity contribution in [3.63, 3.8) is 0 Å². The maximum absolute atomic E-state index is 13.4. The van der Waals surface area contributed by atoms with E-state index in [2.05, 4.69) is 5.32 Å². The molecule has 0 aliphatic rings. The minimum Gasteiger partial charge on any atom is -0.376 e. The third-order valence-electron chi connectivity index (χ3n) is 2.82. The Labute approximate surface area is 110 Å². The van der Waals surface area contributed by atoms with Crippen LogP contribution < -0.4 is 5.32 Å². The SMILES string of the molecule is CCC(Nc1cc(F)c(Cl)cc1[N+](=O)[O-])C(C)C. The van der Waals surface area contributed by atoms with Crippen LogP contribution in [0.1, 0.15) is 27.2 Å². The fourth-order valence-electron chi connectivity index (χ4n) is 1.74. The fraction of sp³-hybridized carbons (Fsp3) is 0.500. The Balaban J connectivity index is 3.14. The molecule has 0 bridgehead atoms. The molecular formula is C12H16ClFN2O2. The van der Waals surface area contributed by atoms with Crippen LogP contribution >= 0.6 is 11.6 Å². The topological polar surface area (TPSA) is 55.2 Å². The van der Waals surface area contributed by atoms with E-state index in [1.54, 1.807) is 0 Å². The average molecular weight is 275 g/mol. The van der Waals surface area contributed by atoms with Crippen LogP contribution in [0.2, 0.25) is 5.02 Å². The molecule has 0 amide bonds. The Kier molecular flexibility index (Phi) is 4.90. The van der Waals surface area contributed by atoms with Crippen molar-refractivity contribution < 1.29 is 9.31 Å². The van der Waals surface area contributed by atoms with E-state index in [4.69, 9.17) is 11.6 Å². The van der Waals surface area contributed by atoms with Crippen molar-refractivity contribution in [2.24, 2.45) is 5.92 Å². The molecule has 100 valence electrons. The Hall–Kier alpha value is -1.36. The van der Waals surface area contributed by atoms with E-state index in [-0.39, 0.29) is 28.4 Å². The summed E-state index contributed by atoms with van der Waals surface area (Å²) in [6, 6.07) is 2.15. The number of nitrogens with one attached hydrogen (secondary N) is 1. The van der Waals surface area contributed by atoms with Crippen LogP contribution in [0, 0.1) is 21.8 Å². The van der Waals surface area contributed by atoms with E-state index < -0.39 is 10.7 Å². The lowest BCUT2D eigenvalue weighted by Crippen LogP contribution is -2.25. The van der Waals surface area contributed by atoms with Crippen molar-refractivity contribution in [1.29, 1.82) is 0 Å². The molecule has 0 radical (unpaired) electrons. The summed E-state index contributed by atoms with van der Waals surface area (Å²) < 4.78 is 13.4. The first-order valence-corrected chi connectivity index (χ1v) is 6.14. The molecule has 0 heterocycles. The lowest BCUT2D eigenvalue weighted by atomic mass is 10.0. The van der Waals surface area contributed by atoms with Crippen molar-refractivity contribution in [2.75, 3.05) is 5.32 Å². The fourth-order valence-corrected chi connectivity index (χ4v) is 1.90. The summed E-state index contributed by atoms with van der Waals surface area (Å²) in [4.78, 5) is 10.3. The summed E-state index contributed by atoms with van der Waals surface area (Å²) in [5.41, 5.74) is -0.0389. The minimum atomic E-state index is -0.664. The number of halogens is 2. The zero-order valence-corrected chi connectivity index (χ0v) is 11.3. The Morgan fingerprint density at radius 1 is 1.50 bits per heavy atom. The van der Waals surface area contributed by atoms with Crippen LogP contribution in [0.4, 0.5) is 15.8 Å². The lowest BCUT2D eigenvalue weighted by molar-refractivity contribution is -0.384. The number of anilines is 1. The van der Waals surface area contributed by atoms with E-state index in [1.165, 1.54) is 0 Å². The smallest absolute Gasteiger partial charge is 0.294 e. The summed E-state index contributed by atoms with van der Waals surface area (Å²) in [6.07, 6.45) is 0.791. The first kappa shape index (κ1) is 14.7. The normalized spacial score (nSPS) is 12.6. The number of nitro benzene ring substituents is 1. The highest BCUT2D eigenvalue weighted by atomic mass is 35.5. The van der Waals surface area contributed by atoms with Crippen LogP contribution in [-0.2, 0) is 0 Å². The molecular weight excluding hydrogens is 259 g/mol. The van der Waals surface area contributed by atoms with Gasteiger partial charge in [0, 0.05) is 18.2 Å². The second-order valence-corrected chi connectivity index (χ2v) is 4.85. The molecule has 0 saturated carbocycles. The molecule has 1 N–H and O–H groups in total. The van der Waals surface area contributed by atoms with Crippen molar-refractivity contribution in [2.45, 2.75) is 33.2 Å². The van der Waals surface area contributed by atoms with Crippen LogP contribution in [0.15, 0.2) is 12.1 Å². The highest BCUT2D eigenvalue weighted by Gasteiger charge is 2.21. The second-order valence-electron chi connectivity index (χ2n) is 4.44. The van der Waals surface area contributed by atoms with Gasteiger partial charge in [-0.15, -0.1) is 0 Å². The van der Waals surface area contributed by atoms with Crippen LogP contribution in [0.5, 0.6) is 0 Å². The highest BCUT2D eigenvalue weighted by Crippen LogP contribution is 2.31. The first-order chi connectivity index (χ1) is 8.36. The monoisotopic (exact) mass is 274 g/mol. The van der Waals surface area contributed by atoms with Gasteiger partial charge in [-0.05, 0) is 12.3 Å². The summed E-state index contributed by atoms with van der Waals surface area (Å²) in [5.74, 6) is -0.378. The predicted molar refractivity (Wildman–Crippen MR) is 70.6 cm³/mol. The quantitative estimate of drug-likeness (QED) is 0.645. The third kappa shape index (κ3) is 3.32. The lowest BCUT2D eigenvalue weighted by Gasteiger charge is -2.21. The number of hydrogen-bond acceptors (Lipinski definition) is 3. The zero-order chi connectivity index (χ0) is 13.9. The molecule has 0 aliphatic carbocycles. The highest BCUT2D eigenvalue weighted by molar-refractivity contribution is 6.31. The molecule has 6 heteroatoms. The second kappa shape index (κ2) is 6.00. The van der Waals surface area contributed by atoms with Gasteiger partial charge in [0.25, 0.3) is 5.69 Å². The molecule has 0 aromatic heterocycles. The summed E-state index contributed by atoms with van der Waals surface area (Å²) in [7, 11) is 0. The van der Waals surface area contributed by atoms with E-state index in [0.717, 1.165) is 18.6 Å². The molecule has 1 aromatic carbocycles. The van der Waals surface area contributed by atoms with Crippen molar-refractivity contribution in [3.05, 3.63) is 33.1 Å². The van der Waals surface area contributed by atoms with Crippen molar-refractivity contribution in [1.82, 2.24) is 0 Å². The number of hydrogen-bond donors (Lipinski definition) is 1. The molecule has 1 aromatic rings. The molecule has 1 unspecified atom stereocenters. The largest absolute Gasteiger partial charge is 0.376 e. The maximum atomic E-state index is 13.4. The van der Waals surface area contributed by atoms with Gasteiger partial charge in [-0.3, -0.25) is 10.1 Å². The predicted octanol–water partition coefficient (Wildman–Crippen LogP) is 4.23. The van der Waals surface area contributed by atoms with Gasteiger partial charge in [0.2, 0.25) is 0 Å². The van der Waals surface area contributed by atoms with E-state index >= 15 is 0 Å². The van der Waals surface area contributed by atoms with Gasteiger partial charge in [-0.25, -0.2) is 4.39 Å². The summed E-state index contributed by atoms with van der Waals surface area (Å²) in [5, 5.41) is 13.7. The summed E-state index contributed by atoms with van der Waals surface area (Å²) in [6.45, 7) is 5.97. The minimum absolute atomic E-state index is 0.0456. The van der Waals surface area contributed by atoms with Gasteiger partial charge >= 0.3 is 0 Å². The molecule has 0 saturated heterocycles. The van der Waals surface area contributed by atoms with Gasteiger partial charge in [-0.1, -0.05) is 32.4 Å². The maximum Gasteiger partial charge on any atom is 0.294 e. The van der Waals surface area contributed by atoms with Gasteiger partial charge < -0.3 is 5.32 Å². The van der Waals surface area contributed by atoms with Crippen molar-refractivity contribution in [3.8, 4) is 0 Å². The standard InChI is InChI=1S/C12H16ClFN2O2/c1-4-10(7(2)3)15-11-6-9(14)8(13)5-12(11)16(17)18/h5-7,10,15H,4H2,1-3H3. The van der Waals surface area contributed by atoms with Gasteiger partial charge in [0.1, 0.15) is 11.5 Å². The Morgan fingerprint density at radius 3 is 2.56 bits per heavy atom. The Bertz CT molecular complexity index is 452. The number of nitrogens with zero attached hydrogens (tertiary/aromatic N) is 1. The molecule has 0 spiro atoms. The third-order valence-corrected chi connectivity index (χ3v) is 3.11. The van der Waals surface area contributed by atoms with E-state index in [9.17, 15) is 14.5 Å². The number of rotatable bonds is 5. The number of nitro groups is 1. The van der Waals surface area contributed by atoms with Crippen molar-refractivity contribution >= 4 is 23.0 Å². The zero-order valence-electron chi connectivity index (χ0n) is 10.5. The molecule has 4 nitrogen and oxygen atoms in total. The van der Waals surface area contributed by atoms with Crippen LogP contribution in [0.25, 0.3) is 0 Å². The first-order valence-electron chi connectivity index (χ1n) is 5.76. The van der Waals surface area contributed by atoms with Crippen LogP contribution in [-0.4, -0.2) is 11.0 Å². The molecule has 18 heavy (non-hydrogen) atoms. The molecule has 1 atom stereocenters.